The smallest absolute Gasteiger partial charge is 0.308 e. The normalized spacial score (nSPS) is 10.6. The number of aryl methyl sites for hydroxylation is 2. The monoisotopic (exact) mass is 378 g/mol. The predicted octanol–water partition coefficient (Wildman–Crippen LogP) is 5.85. The highest BCUT2D eigenvalue weighted by Crippen LogP contribution is 2.19. The maximum absolute atomic E-state index is 11.2. The van der Waals surface area contributed by atoms with E-state index in [-0.39, 0.29) is 5.91 Å². The Kier molecular flexibility index (Phi) is 17.0. The zero-order chi connectivity index (χ0) is 20.5. The maximum atomic E-state index is 11.2. The fourth-order valence-electron chi connectivity index (χ4n) is 1.94. The molecule has 1 amide bonds. The average Bonchev–Trinajstić information content (AvgIpc) is 2.63. The highest BCUT2D eigenvalue weighted by atomic mass is 31.0. The second-order valence-corrected chi connectivity index (χ2v) is 5.96. The van der Waals surface area contributed by atoms with Gasteiger partial charge in [-0.05, 0) is 37.3 Å². The highest BCUT2D eigenvalue weighted by Gasteiger charge is 2.04. The SMILES string of the molecule is CC/C=C\C=C(/C=[OH+])C(C)C.CCC(=O)Nc1c(C)cccc1C.CP. The first-order valence-electron chi connectivity index (χ1n) is 9.15. The number of anilines is 1. The summed E-state index contributed by atoms with van der Waals surface area (Å²) in [6.45, 7) is 14.0. The van der Waals surface area contributed by atoms with E-state index in [9.17, 15) is 4.79 Å². The van der Waals surface area contributed by atoms with Gasteiger partial charge in [-0.2, -0.15) is 0 Å². The maximum Gasteiger partial charge on any atom is 0.308 e. The molecule has 0 radical (unpaired) electrons. The molecule has 0 saturated carbocycles. The molecule has 1 aromatic carbocycles. The lowest BCUT2D eigenvalue weighted by Crippen LogP contribution is -2.11. The van der Waals surface area contributed by atoms with Gasteiger partial charge in [-0.3, -0.25) is 9.59 Å². The first-order chi connectivity index (χ1) is 12.4. The molecule has 4 heteroatoms. The average molecular weight is 379 g/mol. The van der Waals surface area contributed by atoms with Crippen LogP contribution >= 0.6 is 9.24 Å². The summed E-state index contributed by atoms with van der Waals surface area (Å²) in [6, 6.07) is 5.99. The molecule has 3 nitrogen and oxygen atoms in total. The lowest BCUT2D eigenvalue weighted by atomic mass is 10.0. The van der Waals surface area contributed by atoms with E-state index < -0.39 is 0 Å². The van der Waals surface area contributed by atoms with Crippen molar-refractivity contribution >= 4 is 27.1 Å². The largest absolute Gasteiger partial charge is 0.326 e. The minimum atomic E-state index is 0.0670. The Morgan fingerprint density at radius 2 is 1.73 bits per heavy atom. The summed E-state index contributed by atoms with van der Waals surface area (Å²) >= 11 is 0. The summed E-state index contributed by atoms with van der Waals surface area (Å²) in [5.74, 6) is 0.457. The fourth-order valence-corrected chi connectivity index (χ4v) is 1.94. The molecule has 1 aromatic rings. The molecule has 1 atom stereocenters. The van der Waals surface area contributed by atoms with Crippen LogP contribution in [0.3, 0.4) is 0 Å². The molecular formula is C22H37NO2P+. The molecule has 0 aliphatic heterocycles. The van der Waals surface area contributed by atoms with E-state index in [4.69, 9.17) is 4.79 Å². The van der Waals surface area contributed by atoms with Crippen LogP contribution in [0.1, 0.15) is 51.7 Å². The molecule has 1 unspecified atom stereocenters. The molecule has 1 rings (SSSR count). The molecule has 0 bridgehead atoms. The molecule has 0 heterocycles. The minimum absolute atomic E-state index is 0.0670. The fraction of sp³-hybridized carbons (Fsp3) is 0.455. The van der Waals surface area contributed by atoms with Crippen LogP contribution in [0.2, 0.25) is 0 Å². The van der Waals surface area contributed by atoms with Gasteiger partial charge >= 0.3 is 6.29 Å². The van der Waals surface area contributed by atoms with Gasteiger partial charge < -0.3 is 5.32 Å². The van der Waals surface area contributed by atoms with E-state index in [1.165, 1.54) is 6.29 Å². The van der Waals surface area contributed by atoms with Crippen molar-refractivity contribution in [2.75, 3.05) is 12.0 Å². The molecular weight excluding hydrogens is 341 g/mol. The van der Waals surface area contributed by atoms with Gasteiger partial charge in [0.15, 0.2) is 0 Å². The number of hydrogen-bond acceptors (Lipinski definition) is 1. The van der Waals surface area contributed by atoms with Crippen molar-refractivity contribution in [1.82, 2.24) is 0 Å². The third-order valence-electron chi connectivity index (χ3n) is 3.54. The Morgan fingerprint density at radius 3 is 2.12 bits per heavy atom. The Morgan fingerprint density at radius 1 is 1.19 bits per heavy atom. The van der Waals surface area contributed by atoms with Crippen LogP contribution in [0.15, 0.2) is 42.0 Å². The number of benzene rings is 1. The van der Waals surface area contributed by atoms with Crippen LogP contribution in [0.5, 0.6) is 0 Å². The number of aldehydes is 1. The third-order valence-corrected chi connectivity index (χ3v) is 3.54. The van der Waals surface area contributed by atoms with Gasteiger partial charge in [-0.1, -0.05) is 70.8 Å². The summed E-state index contributed by atoms with van der Waals surface area (Å²) in [5, 5.41) is 2.89. The van der Waals surface area contributed by atoms with E-state index in [1.54, 1.807) is 0 Å². The number of nitrogens with one attached hydrogen (secondary N) is 1. The van der Waals surface area contributed by atoms with Crippen molar-refractivity contribution in [1.29, 1.82) is 0 Å². The van der Waals surface area contributed by atoms with Crippen molar-refractivity contribution in [2.45, 2.75) is 54.4 Å². The molecule has 146 valence electrons. The number of carbonyl (C=O) groups is 1. The minimum Gasteiger partial charge on any atom is -0.326 e. The second kappa shape index (κ2) is 16.7. The van der Waals surface area contributed by atoms with Gasteiger partial charge in [0.25, 0.3) is 0 Å². The Balaban J connectivity index is 0. The number of allylic oxidation sites excluding steroid dienone is 4. The lowest BCUT2D eigenvalue weighted by Gasteiger charge is -2.10. The molecule has 0 spiro atoms. The number of rotatable bonds is 6. The van der Waals surface area contributed by atoms with Crippen molar-refractivity contribution in [2.24, 2.45) is 5.92 Å². The van der Waals surface area contributed by atoms with Crippen molar-refractivity contribution < 1.29 is 9.59 Å². The summed E-state index contributed by atoms with van der Waals surface area (Å²) < 4.78 is 0. The van der Waals surface area contributed by atoms with Crippen molar-refractivity contribution in [3.8, 4) is 0 Å². The number of hydrogen-bond donors (Lipinski definition) is 1. The van der Waals surface area contributed by atoms with Gasteiger partial charge in [0, 0.05) is 12.1 Å². The van der Waals surface area contributed by atoms with Gasteiger partial charge in [-0.15, -0.1) is 9.24 Å². The predicted molar refractivity (Wildman–Crippen MR) is 121 cm³/mol. The van der Waals surface area contributed by atoms with Crippen LogP contribution in [0.25, 0.3) is 0 Å². The zero-order valence-corrected chi connectivity index (χ0v) is 18.6. The molecule has 0 aliphatic rings. The summed E-state index contributed by atoms with van der Waals surface area (Å²) in [6.07, 6.45) is 8.70. The van der Waals surface area contributed by atoms with Gasteiger partial charge in [0.05, 0.1) is 5.57 Å². The topological polar surface area (TPSA) is 50.5 Å². The van der Waals surface area contributed by atoms with Crippen molar-refractivity contribution in [3.63, 3.8) is 0 Å². The van der Waals surface area contributed by atoms with Gasteiger partial charge in [0.1, 0.15) is 0 Å². The van der Waals surface area contributed by atoms with Gasteiger partial charge in [-0.25, -0.2) is 0 Å². The van der Waals surface area contributed by atoms with E-state index >= 15 is 0 Å². The van der Waals surface area contributed by atoms with E-state index in [0.29, 0.717) is 12.3 Å². The first kappa shape index (κ1) is 26.5. The third kappa shape index (κ3) is 11.8. The standard InChI is InChI=1S/C11H15NO.C10H16O.CH5P/c1-4-10(13)12-11-8(2)6-5-7-9(11)3;1-4-5-6-7-10(8-11)9(2)3;1-2/h5-7H,4H2,1-3H3,(H,12,13);5-9H,4H2,1-3H3;2H2,1H3/p+1/b;6-5-,10-7+;. The molecule has 26 heavy (non-hydrogen) atoms. The lowest BCUT2D eigenvalue weighted by molar-refractivity contribution is -0.115. The van der Waals surface area contributed by atoms with Crippen LogP contribution in [-0.4, -0.2) is 23.7 Å². The van der Waals surface area contributed by atoms with Crippen molar-refractivity contribution in [3.05, 3.63) is 53.1 Å². The second-order valence-electron chi connectivity index (χ2n) is 5.96. The molecule has 2 N–H and O–H groups in total. The first-order valence-corrected chi connectivity index (χ1v) is 10.3. The van der Waals surface area contributed by atoms with Crippen LogP contribution in [-0.2, 0) is 4.79 Å². The van der Waals surface area contributed by atoms with E-state index in [1.807, 2.05) is 57.8 Å². The van der Waals surface area contributed by atoms with Crippen LogP contribution < -0.4 is 5.32 Å². The highest BCUT2D eigenvalue weighted by molar-refractivity contribution is 7.15. The summed E-state index contributed by atoms with van der Waals surface area (Å²) in [4.78, 5) is 19.9. The number of para-hydroxylation sites is 1. The Bertz CT molecular complexity index is 570. The number of amides is 1. The van der Waals surface area contributed by atoms with Crippen LogP contribution in [0, 0.1) is 19.8 Å². The Labute approximate surface area is 162 Å². The molecule has 0 saturated heterocycles. The summed E-state index contributed by atoms with van der Waals surface area (Å²) in [5.41, 5.74) is 4.15. The van der Waals surface area contributed by atoms with E-state index in [0.717, 1.165) is 28.8 Å². The van der Waals surface area contributed by atoms with E-state index in [2.05, 4.69) is 41.4 Å². The number of carbonyl (C=O) groups excluding carboxylic acids is 2. The van der Waals surface area contributed by atoms with Gasteiger partial charge in [0.2, 0.25) is 5.91 Å². The zero-order valence-electron chi connectivity index (χ0n) is 17.5. The Hall–Kier alpha value is -1.73. The quantitative estimate of drug-likeness (QED) is 0.218. The molecule has 0 fully saturated rings. The molecule has 0 aromatic heterocycles. The summed E-state index contributed by atoms with van der Waals surface area (Å²) in [7, 11) is 2.42. The molecule has 0 aliphatic carbocycles. The van der Waals surface area contributed by atoms with Crippen LogP contribution in [0.4, 0.5) is 5.69 Å².